The molecule has 11 nitrogen and oxygen atoms in total. The summed E-state index contributed by atoms with van der Waals surface area (Å²) >= 11 is 13.6. The number of morpholine rings is 1. The van der Waals surface area contributed by atoms with E-state index >= 15 is 4.79 Å². The van der Waals surface area contributed by atoms with Crippen LogP contribution in [0, 0.1) is 27.7 Å². The Kier molecular flexibility index (Phi) is 10.6. The van der Waals surface area contributed by atoms with Gasteiger partial charge in [-0.25, -0.2) is 4.79 Å². The number of ether oxygens (including phenoxy) is 2. The van der Waals surface area contributed by atoms with Gasteiger partial charge in [-0.2, -0.15) is 5.10 Å². The summed E-state index contributed by atoms with van der Waals surface area (Å²) in [5.41, 5.74) is 9.88. The number of anilines is 1. The van der Waals surface area contributed by atoms with Gasteiger partial charge in [-0.15, -0.1) is 0 Å². The predicted octanol–water partition coefficient (Wildman–Crippen LogP) is 8.80. The van der Waals surface area contributed by atoms with Gasteiger partial charge in [0.2, 0.25) is 0 Å². The number of rotatable bonds is 11. The molecule has 0 bridgehead atoms. The van der Waals surface area contributed by atoms with E-state index in [-0.39, 0.29) is 17.5 Å². The number of fused-ring (bicyclic) bond motifs is 4. The van der Waals surface area contributed by atoms with Crippen molar-refractivity contribution in [2.24, 2.45) is 7.05 Å². The highest BCUT2D eigenvalue weighted by Crippen LogP contribution is 2.46. The van der Waals surface area contributed by atoms with Gasteiger partial charge in [0.1, 0.15) is 11.4 Å². The maximum atomic E-state index is 15.3. The van der Waals surface area contributed by atoms with Crippen LogP contribution >= 0.6 is 23.2 Å². The topological polar surface area (TPSA) is 107 Å². The Morgan fingerprint density at radius 2 is 1.70 bits per heavy atom. The zero-order chi connectivity index (χ0) is 40.3. The number of carbonyl (C=O) groups excluding carboxylic acids is 1. The molecule has 1 amide bonds. The third-order valence-electron chi connectivity index (χ3n) is 11.7. The molecule has 1 unspecified atom stereocenters. The number of carboxylic acid groups (broad SMARTS) is 1. The van der Waals surface area contributed by atoms with Crippen molar-refractivity contribution in [1.82, 2.24) is 23.8 Å². The summed E-state index contributed by atoms with van der Waals surface area (Å²) in [6, 6.07) is 12.9. The standard InChI is InChI=1S/C44H48Cl2N6O5/c1-25-20-31(21-26(2)40(25)46)57-17-7-8-32-33-11-12-35(45)39(38-28(4)47-48(6)29(38)5)41(33)52-27(3)23-51(43(53)42(32)52)37-24-50(14-13-49-15-18-56-19-16-49)36-22-30(44(54)55)9-10-34(36)37/h9-12,20-22,24,27H,7-8,13-19,23H2,1-6H3,(H,54,55). The molecule has 0 aliphatic carbocycles. The number of benzene rings is 3. The van der Waals surface area contributed by atoms with Crippen molar-refractivity contribution in [2.75, 3.05) is 50.9 Å². The fourth-order valence-corrected chi connectivity index (χ4v) is 9.17. The molecule has 0 radical (unpaired) electrons. The first-order chi connectivity index (χ1) is 27.3. The Bertz CT molecular complexity index is 2540. The Hall–Kier alpha value is -4.81. The lowest BCUT2D eigenvalue weighted by Gasteiger charge is -2.34. The molecular formula is C44H48Cl2N6O5. The summed E-state index contributed by atoms with van der Waals surface area (Å²) in [5, 5.41) is 17.8. The molecule has 8 rings (SSSR count). The zero-order valence-electron chi connectivity index (χ0n) is 33.3. The third kappa shape index (κ3) is 6.98. The van der Waals surface area contributed by atoms with Gasteiger partial charge in [0.15, 0.2) is 0 Å². The van der Waals surface area contributed by atoms with Crippen molar-refractivity contribution in [1.29, 1.82) is 0 Å². The number of hydrogen-bond acceptors (Lipinski definition) is 6. The van der Waals surface area contributed by atoms with Crippen LogP contribution in [-0.2, 0) is 24.8 Å². The van der Waals surface area contributed by atoms with Gasteiger partial charge >= 0.3 is 5.97 Å². The Morgan fingerprint density at radius 1 is 0.982 bits per heavy atom. The van der Waals surface area contributed by atoms with Crippen LogP contribution in [0.25, 0.3) is 32.9 Å². The normalized spacial score (nSPS) is 16.2. The number of carboxylic acids is 1. The molecule has 3 aromatic heterocycles. The van der Waals surface area contributed by atoms with E-state index in [1.807, 2.05) is 80.9 Å². The maximum Gasteiger partial charge on any atom is 0.335 e. The van der Waals surface area contributed by atoms with E-state index in [1.54, 1.807) is 12.1 Å². The second-order valence-electron chi connectivity index (χ2n) is 15.5. The van der Waals surface area contributed by atoms with E-state index in [1.165, 1.54) is 0 Å². The van der Waals surface area contributed by atoms with Crippen LogP contribution in [-0.4, -0.2) is 86.8 Å². The lowest BCUT2D eigenvalue weighted by molar-refractivity contribution is 0.0365. The van der Waals surface area contributed by atoms with Gasteiger partial charge in [0.25, 0.3) is 5.91 Å². The Morgan fingerprint density at radius 3 is 2.39 bits per heavy atom. The summed E-state index contributed by atoms with van der Waals surface area (Å²) in [5.74, 6) is -0.336. The first-order valence-corrected chi connectivity index (χ1v) is 20.3. The second-order valence-corrected chi connectivity index (χ2v) is 16.3. The summed E-state index contributed by atoms with van der Waals surface area (Å²) in [4.78, 5) is 31.7. The third-order valence-corrected chi connectivity index (χ3v) is 12.6. The van der Waals surface area contributed by atoms with Gasteiger partial charge in [-0.05, 0) is 101 Å². The monoisotopic (exact) mass is 810 g/mol. The molecule has 298 valence electrons. The molecule has 3 aromatic carbocycles. The van der Waals surface area contributed by atoms with Crippen LogP contribution in [0.4, 0.5) is 5.69 Å². The summed E-state index contributed by atoms with van der Waals surface area (Å²) < 4.78 is 18.0. The highest BCUT2D eigenvalue weighted by Gasteiger charge is 2.38. The molecule has 13 heteroatoms. The van der Waals surface area contributed by atoms with Crippen molar-refractivity contribution in [3.63, 3.8) is 0 Å². The zero-order valence-corrected chi connectivity index (χ0v) is 34.8. The van der Waals surface area contributed by atoms with Gasteiger partial charge in [-0.1, -0.05) is 29.3 Å². The van der Waals surface area contributed by atoms with Crippen molar-refractivity contribution in [3.8, 4) is 16.9 Å². The van der Waals surface area contributed by atoms with Gasteiger partial charge in [-0.3, -0.25) is 14.4 Å². The molecule has 57 heavy (non-hydrogen) atoms. The molecular weight excluding hydrogens is 763 g/mol. The van der Waals surface area contributed by atoms with Crippen molar-refractivity contribution in [3.05, 3.63) is 98.0 Å². The fourth-order valence-electron chi connectivity index (χ4n) is 8.82. The highest BCUT2D eigenvalue weighted by molar-refractivity contribution is 6.35. The molecule has 0 saturated carbocycles. The highest BCUT2D eigenvalue weighted by atomic mass is 35.5. The fraction of sp³-hybridized carbons (Fsp3) is 0.386. The summed E-state index contributed by atoms with van der Waals surface area (Å²) in [6.07, 6.45) is 3.27. The lowest BCUT2D eigenvalue weighted by atomic mass is 9.98. The number of hydrogen-bond donors (Lipinski definition) is 1. The average Bonchev–Trinajstić information content (AvgIpc) is 3.81. The van der Waals surface area contributed by atoms with E-state index < -0.39 is 5.97 Å². The number of aryl methyl sites for hydroxylation is 5. The number of amides is 1. The molecule has 2 aliphatic rings. The molecule has 6 aromatic rings. The lowest BCUT2D eigenvalue weighted by Crippen LogP contribution is -2.42. The van der Waals surface area contributed by atoms with Crippen molar-refractivity contribution >= 4 is 62.6 Å². The van der Waals surface area contributed by atoms with Crippen LogP contribution in [0.1, 0.15) is 68.3 Å². The Balaban J connectivity index is 1.23. The largest absolute Gasteiger partial charge is 0.494 e. The van der Waals surface area contributed by atoms with Gasteiger partial charge in [0, 0.05) is 84.6 Å². The van der Waals surface area contributed by atoms with E-state index in [0.717, 1.165) is 97.1 Å². The number of halogens is 2. The summed E-state index contributed by atoms with van der Waals surface area (Å²) in [7, 11) is 1.93. The van der Waals surface area contributed by atoms with Crippen LogP contribution in [0.3, 0.4) is 0 Å². The van der Waals surface area contributed by atoms with Crippen molar-refractivity contribution in [2.45, 2.75) is 60.0 Å². The second kappa shape index (κ2) is 15.5. The van der Waals surface area contributed by atoms with Crippen LogP contribution in [0.5, 0.6) is 5.75 Å². The van der Waals surface area contributed by atoms with E-state index in [4.69, 9.17) is 37.8 Å². The van der Waals surface area contributed by atoms with Gasteiger partial charge < -0.3 is 28.6 Å². The molecule has 1 fully saturated rings. The average molecular weight is 812 g/mol. The van der Waals surface area contributed by atoms with Gasteiger partial charge in [0.05, 0.1) is 52.8 Å². The van der Waals surface area contributed by atoms with E-state index in [0.29, 0.717) is 56.5 Å². The predicted molar refractivity (Wildman–Crippen MR) is 226 cm³/mol. The van der Waals surface area contributed by atoms with Crippen LogP contribution in [0.2, 0.25) is 10.0 Å². The maximum absolute atomic E-state index is 15.3. The molecule has 2 aliphatic heterocycles. The first-order valence-electron chi connectivity index (χ1n) is 19.6. The molecule has 5 heterocycles. The molecule has 1 atom stereocenters. The minimum absolute atomic E-state index is 0.111. The first kappa shape index (κ1) is 39.0. The molecule has 1 N–H and O–H groups in total. The smallest absolute Gasteiger partial charge is 0.335 e. The molecule has 1 saturated heterocycles. The minimum Gasteiger partial charge on any atom is -0.494 e. The Labute approximate surface area is 342 Å². The SMILES string of the molecule is Cc1cc(OCCCc2c3n(c4c(-c5c(C)nn(C)c5C)c(Cl)ccc24)C(C)CN(c2cn(CCN4CCOCC4)c4cc(C(=O)O)ccc24)C3=O)cc(C)c1Cl. The molecule has 0 spiro atoms. The van der Waals surface area contributed by atoms with Crippen LogP contribution < -0.4 is 9.64 Å². The van der Waals surface area contributed by atoms with Crippen LogP contribution in [0.15, 0.2) is 48.7 Å². The van der Waals surface area contributed by atoms with Crippen molar-refractivity contribution < 1.29 is 24.2 Å². The number of carbonyl (C=O) groups is 2. The number of nitrogens with zero attached hydrogens (tertiary/aromatic N) is 6. The van der Waals surface area contributed by atoms with E-state index in [9.17, 15) is 9.90 Å². The number of aromatic nitrogens is 4. The number of aromatic carboxylic acids is 1. The quantitative estimate of drug-likeness (QED) is 0.130. The van der Waals surface area contributed by atoms with E-state index in [2.05, 4.69) is 21.0 Å². The summed E-state index contributed by atoms with van der Waals surface area (Å²) in [6.45, 7) is 15.5. The minimum atomic E-state index is -0.991.